The third-order valence-corrected chi connectivity index (χ3v) is 5.55. The maximum Gasteiger partial charge on any atom is 0.224 e. The van der Waals surface area contributed by atoms with Gasteiger partial charge in [-0.3, -0.25) is 4.98 Å². The molecule has 1 aliphatic heterocycles. The number of rotatable bonds is 5. The Labute approximate surface area is 155 Å². The smallest absolute Gasteiger partial charge is 0.224 e. The number of nitrogens with zero attached hydrogens (tertiary/aromatic N) is 4. The maximum absolute atomic E-state index is 13.4. The second kappa shape index (κ2) is 6.99. The number of hydrogen-bond donors (Lipinski definition) is 1. The SMILES string of the molecule is C=C(c1nc(NC(C)c2cncc(F)c2)nc2ccsc12)N1CCCC1. The average Bonchev–Trinajstić information content (AvgIpc) is 3.32. The van der Waals surface area contributed by atoms with E-state index in [1.807, 2.05) is 18.4 Å². The summed E-state index contributed by atoms with van der Waals surface area (Å²) in [5.41, 5.74) is 3.46. The fraction of sp³-hybridized carbons (Fsp3) is 0.316. The van der Waals surface area contributed by atoms with Crippen LogP contribution in [-0.2, 0) is 0 Å². The molecule has 0 aliphatic carbocycles. The van der Waals surface area contributed by atoms with E-state index >= 15 is 0 Å². The van der Waals surface area contributed by atoms with Gasteiger partial charge in [0.15, 0.2) is 0 Å². The van der Waals surface area contributed by atoms with Crippen LogP contribution < -0.4 is 5.32 Å². The molecule has 1 fully saturated rings. The first-order valence-corrected chi connectivity index (χ1v) is 9.56. The molecule has 134 valence electrons. The van der Waals surface area contributed by atoms with Crippen molar-refractivity contribution in [1.82, 2.24) is 19.9 Å². The van der Waals surface area contributed by atoms with Crippen molar-refractivity contribution in [3.8, 4) is 0 Å². The summed E-state index contributed by atoms with van der Waals surface area (Å²) in [5, 5.41) is 5.29. The van der Waals surface area contributed by atoms with Crippen molar-refractivity contribution in [2.24, 2.45) is 0 Å². The predicted octanol–water partition coefficient (Wildman–Crippen LogP) is 4.47. The van der Waals surface area contributed by atoms with Gasteiger partial charge in [0.2, 0.25) is 5.95 Å². The van der Waals surface area contributed by atoms with Gasteiger partial charge in [-0.15, -0.1) is 11.3 Å². The molecule has 0 amide bonds. The molecule has 3 aromatic rings. The van der Waals surface area contributed by atoms with Crippen LogP contribution in [-0.4, -0.2) is 32.9 Å². The fourth-order valence-electron chi connectivity index (χ4n) is 3.20. The minimum atomic E-state index is -0.353. The topological polar surface area (TPSA) is 53.9 Å². The molecule has 7 heteroatoms. The van der Waals surface area contributed by atoms with Crippen LogP contribution in [0.4, 0.5) is 10.3 Å². The van der Waals surface area contributed by atoms with Gasteiger partial charge in [-0.1, -0.05) is 6.58 Å². The first-order valence-electron chi connectivity index (χ1n) is 8.68. The summed E-state index contributed by atoms with van der Waals surface area (Å²) in [6.45, 7) is 8.25. The van der Waals surface area contributed by atoms with Crippen molar-refractivity contribution in [2.75, 3.05) is 18.4 Å². The van der Waals surface area contributed by atoms with Crippen LogP contribution in [0.1, 0.15) is 37.1 Å². The van der Waals surface area contributed by atoms with Crippen molar-refractivity contribution < 1.29 is 4.39 Å². The highest BCUT2D eigenvalue weighted by atomic mass is 32.1. The van der Waals surface area contributed by atoms with Crippen LogP contribution in [0.3, 0.4) is 0 Å². The Morgan fingerprint density at radius 3 is 2.88 bits per heavy atom. The quantitative estimate of drug-likeness (QED) is 0.719. The van der Waals surface area contributed by atoms with E-state index < -0.39 is 0 Å². The minimum absolute atomic E-state index is 0.165. The largest absolute Gasteiger partial charge is 0.370 e. The van der Waals surface area contributed by atoms with Gasteiger partial charge in [0.25, 0.3) is 0 Å². The zero-order valence-corrected chi connectivity index (χ0v) is 15.4. The molecule has 26 heavy (non-hydrogen) atoms. The number of thiophene rings is 1. The second-order valence-electron chi connectivity index (χ2n) is 6.47. The number of nitrogens with one attached hydrogen (secondary N) is 1. The number of halogens is 1. The number of likely N-dealkylation sites (tertiary alicyclic amines) is 1. The zero-order valence-electron chi connectivity index (χ0n) is 14.6. The van der Waals surface area contributed by atoms with Gasteiger partial charge in [-0.2, -0.15) is 0 Å². The van der Waals surface area contributed by atoms with Gasteiger partial charge in [0, 0.05) is 19.3 Å². The summed E-state index contributed by atoms with van der Waals surface area (Å²) in [5.74, 6) is 0.163. The van der Waals surface area contributed by atoms with Crippen LogP contribution in [0.5, 0.6) is 0 Å². The Kier molecular flexibility index (Phi) is 4.55. The Morgan fingerprint density at radius 1 is 1.31 bits per heavy atom. The Hall–Kier alpha value is -2.54. The number of anilines is 1. The third kappa shape index (κ3) is 3.26. The van der Waals surface area contributed by atoms with Crippen LogP contribution in [0.15, 0.2) is 36.5 Å². The van der Waals surface area contributed by atoms with Crippen molar-refractivity contribution in [2.45, 2.75) is 25.8 Å². The zero-order chi connectivity index (χ0) is 18.1. The van der Waals surface area contributed by atoms with Gasteiger partial charge < -0.3 is 10.2 Å². The lowest BCUT2D eigenvalue weighted by Gasteiger charge is -2.21. The van der Waals surface area contributed by atoms with E-state index in [2.05, 4.69) is 26.8 Å². The Bertz CT molecular complexity index is 948. The van der Waals surface area contributed by atoms with E-state index in [9.17, 15) is 4.39 Å². The second-order valence-corrected chi connectivity index (χ2v) is 7.39. The minimum Gasteiger partial charge on any atom is -0.370 e. The van der Waals surface area contributed by atoms with E-state index in [-0.39, 0.29) is 11.9 Å². The van der Waals surface area contributed by atoms with Crippen LogP contribution in [0, 0.1) is 5.82 Å². The molecule has 0 bridgehead atoms. The summed E-state index contributed by atoms with van der Waals surface area (Å²) in [7, 11) is 0. The summed E-state index contributed by atoms with van der Waals surface area (Å²) in [6, 6.07) is 3.29. The number of hydrogen-bond acceptors (Lipinski definition) is 6. The molecule has 4 rings (SSSR count). The molecule has 1 saturated heterocycles. The normalized spacial score (nSPS) is 15.4. The van der Waals surface area contributed by atoms with Crippen LogP contribution in [0.25, 0.3) is 15.9 Å². The lowest BCUT2D eigenvalue weighted by molar-refractivity contribution is 0.493. The molecule has 5 nitrogen and oxygen atoms in total. The van der Waals surface area contributed by atoms with Gasteiger partial charge in [-0.25, -0.2) is 14.4 Å². The van der Waals surface area contributed by atoms with E-state index in [1.165, 1.54) is 25.1 Å². The van der Waals surface area contributed by atoms with E-state index in [0.29, 0.717) is 5.95 Å². The molecule has 4 heterocycles. The maximum atomic E-state index is 13.4. The van der Waals surface area contributed by atoms with Gasteiger partial charge in [-0.05, 0) is 42.8 Å². The van der Waals surface area contributed by atoms with E-state index in [1.54, 1.807) is 17.5 Å². The molecule has 1 atom stereocenters. The molecule has 0 radical (unpaired) electrons. The third-order valence-electron chi connectivity index (χ3n) is 4.64. The molecule has 0 aromatic carbocycles. The van der Waals surface area contributed by atoms with Gasteiger partial charge in [0.05, 0.1) is 28.2 Å². The molecule has 1 N–H and O–H groups in total. The van der Waals surface area contributed by atoms with Crippen molar-refractivity contribution >= 4 is 33.2 Å². The molecule has 0 spiro atoms. The molecule has 0 saturated carbocycles. The first-order chi connectivity index (χ1) is 12.6. The summed E-state index contributed by atoms with van der Waals surface area (Å²) in [6.07, 6.45) is 5.22. The van der Waals surface area contributed by atoms with Crippen LogP contribution in [0.2, 0.25) is 0 Å². The predicted molar refractivity (Wildman–Crippen MR) is 103 cm³/mol. The standard InChI is InChI=1S/C19H20FN5S/c1-12(14-9-15(20)11-21-10-14)22-19-23-16-5-8-26-18(16)17(24-19)13(2)25-6-3-4-7-25/h5,8-12H,2-4,6-7H2,1H3,(H,22,23,24). The Morgan fingerprint density at radius 2 is 2.12 bits per heavy atom. The molecular formula is C19H20FN5S. The highest BCUT2D eigenvalue weighted by molar-refractivity contribution is 7.17. The lowest BCUT2D eigenvalue weighted by atomic mass is 10.1. The number of fused-ring (bicyclic) bond motifs is 1. The molecular weight excluding hydrogens is 349 g/mol. The Balaban J connectivity index is 1.66. The van der Waals surface area contributed by atoms with Crippen molar-refractivity contribution in [1.29, 1.82) is 0 Å². The average molecular weight is 369 g/mol. The van der Waals surface area contributed by atoms with Crippen LogP contribution >= 0.6 is 11.3 Å². The monoisotopic (exact) mass is 369 g/mol. The van der Waals surface area contributed by atoms with E-state index in [4.69, 9.17) is 4.98 Å². The molecule has 3 aromatic heterocycles. The first kappa shape index (κ1) is 16.9. The van der Waals surface area contributed by atoms with Gasteiger partial charge >= 0.3 is 0 Å². The highest BCUT2D eigenvalue weighted by Crippen LogP contribution is 2.31. The fourth-order valence-corrected chi connectivity index (χ4v) is 4.05. The molecule has 1 aliphatic rings. The summed E-state index contributed by atoms with van der Waals surface area (Å²) < 4.78 is 14.5. The number of pyridine rings is 1. The van der Waals surface area contributed by atoms with Gasteiger partial charge in [0.1, 0.15) is 11.5 Å². The van der Waals surface area contributed by atoms with E-state index in [0.717, 1.165) is 40.3 Å². The summed E-state index contributed by atoms with van der Waals surface area (Å²) in [4.78, 5) is 15.5. The number of aromatic nitrogens is 3. The molecule has 1 unspecified atom stereocenters. The highest BCUT2D eigenvalue weighted by Gasteiger charge is 2.20. The summed E-state index contributed by atoms with van der Waals surface area (Å²) >= 11 is 1.63. The lowest BCUT2D eigenvalue weighted by Crippen LogP contribution is -2.18. The van der Waals surface area contributed by atoms with Crippen molar-refractivity contribution in [3.63, 3.8) is 0 Å². The van der Waals surface area contributed by atoms with Crippen molar-refractivity contribution in [3.05, 3.63) is 53.6 Å².